The molecule has 60 heavy (non-hydrogen) atoms. The Kier molecular flexibility index (Phi) is 8.00. The van der Waals surface area contributed by atoms with E-state index < -0.39 is 0 Å². The van der Waals surface area contributed by atoms with Crippen LogP contribution in [-0.2, 0) is 0 Å². The molecule has 3 heterocycles. The Morgan fingerprint density at radius 2 is 0.917 bits per heavy atom. The number of thiophene rings is 1. The Morgan fingerprint density at radius 1 is 0.300 bits per heavy atom. The van der Waals surface area contributed by atoms with E-state index in [1.54, 1.807) is 0 Å². The third-order valence-corrected chi connectivity index (χ3v) is 12.7. The summed E-state index contributed by atoms with van der Waals surface area (Å²) in [6, 6.07) is 70.5. The van der Waals surface area contributed by atoms with Crippen LogP contribution in [-0.4, -0.2) is 15.0 Å². The van der Waals surface area contributed by atoms with Gasteiger partial charge >= 0.3 is 0 Å². The van der Waals surface area contributed by atoms with Gasteiger partial charge in [0, 0.05) is 47.6 Å². The van der Waals surface area contributed by atoms with Gasteiger partial charge in [0.15, 0.2) is 17.5 Å². The van der Waals surface area contributed by atoms with Crippen molar-refractivity contribution in [2.24, 2.45) is 0 Å². The van der Waals surface area contributed by atoms with Gasteiger partial charge in [0.1, 0.15) is 11.2 Å². The molecule has 0 aliphatic rings. The molecule has 9 aromatic carbocycles. The second-order valence-electron chi connectivity index (χ2n) is 15.2. The third kappa shape index (κ3) is 5.86. The van der Waals surface area contributed by atoms with Crippen LogP contribution in [0, 0.1) is 0 Å². The predicted molar refractivity (Wildman–Crippen MR) is 250 cm³/mol. The number of hydrogen-bond acceptors (Lipinski definition) is 5. The average molecular weight is 784 g/mol. The lowest BCUT2D eigenvalue weighted by Crippen LogP contribution is -2.01. The maximum atomic E-state index is 6.43. The quantitative estimate of drug-likeness (QED) is 0.169. The number of fused-ring (bicyclic) bond motifs is 7. The van der Waals surface area contributed by atoms with Crippen molar-refractivity contribution in [1.82, 2.24) is 15.0 Å². The van der Waals surface area contributed by atoms with Gasteiger partial charge < -0.3 is 4.42 Å². The van der Waals surface area contributed by atoms with Crippen LogP contribution in [0.2, 0.25) is 0 Å². The molecule has 12 aromatic rings. The molecule has 280 valence electrons. The largest absolute Gasteiger partial charge is 0.456 e. The van der Waals surface area contributed by atoms with Crippen molar-refractivity contribution in [3.8, 4) is 67.5 Å². The SMILES string of the molecule is c1ccc(-c2ccc3c(-c4nc(-c5ccccc5)nc(-c5ccc(-c6ccc7c(c6)sc6ccccc67)c(-c6ccc7c(c6)oc6ccccc67)c5)n4)cccc3c2)cc1. The zero-order valence-electron chi connectivity index (χ0n) is 32.2. The second kappa shape index (κ2) is 14.0. The zero-order valence-corrected chi connectivity index (χ0v) is 33.0. The smallest absolute Gasteiger partial charge is 0.164 e. The molecular formula is C55H33N3OS. The van der Waals surface area contributed by atoms with Crippen molar-refractivity contribution in [2.75, 3.05) is 0 Å². The standard InChI is InChI=1S/C55H33N3OS/c1-3-12-34(13-4-1)36-22-26-41-37(30-36)16-11-19-47(41)55-57-53(35-14-5-2-6-15-35)56-54(58-55)40-25-27-42(39-24-29-46-45-18-8-10-21-51(45)60-52(46)33-39)48(31-40)38-23-28-44-43-17-7-9-20-49(43)59-50(44)32-38/h1-33H. The summed E-state index contributed by atoms with van der Waals surface area (Å²) >= 11 is 1.83. The summed E-state index contributed by atoms with van der Waals surface area (Å²) in [5, 5.41) is 6.98. The summed E-state index contributed by atoms with van der Waals surface area (Å²) in [7, 11) is 0. The summed E-state index contributed by atoms with van der Waals surface area (Å²) in [6.45, 7) is 0. The lowest BCUT2D eigenvalue weighted by atomic mass is 9.91. The first-order chi connectivity index (χ1) is 29.7. The minimum Gasteiger partial charge on any atom is -0.456 e. The number of aromatic nitrogens is 3. The monoisotopic (exact) mass is 783 g/mol. The maximum Gasteiger partial charge on any atom is 0.164 e. The van der Waals surface area contributed by atoms with Crippen molar-refractivity contribution in [3.63, 3.8) is 0 Å². The van der Waals surface area contributed by atoms with Crippen LogP contribution >= 0.6 is 11.3 Å². The Morgan fingerprint density at radius 3 is 1.77 bits per heavy atom. The topological polar surface area (TPSA) is 51.8 Å². The highest BCUT2D eigenvalue weighted by atomic mass is 32.1. The molecule has 4 nitrogen and oxygen atoms in total. The number of furan rings is 1. The van der Waals surface area contributed by atoms with Gasteiger partial charge in [-0.15, -0.1) is 11.3 Å². The van der Waals surface area contributed by atoms with Gasteiger partial charge in [-0.25, -0.2) is 15.0 Å². The van der Waals surface area contributed by atoms with Gasteiger partial charge in [-0.3, -0.25) is 0 Å². The first kappa shape index (κ1) is 34.3. The molecule has 3 aromatic heterocycles. The molecule has 0 bridgehead atoms. The minimum absolute atomic E-state index is 0.606. The van der Waals surface area contributed by atoms with E-state index in [0.29, 0.717) is 17.5 Å². The van der Waals surface area contributed by atoms with Gasteiger partial charge in [0.25, 0.3) is 0 Å². The fourth-order valence-corrected chi connectivity index (χ4v) is 9.74. The van der Waals surface area contributed by atoms with E-state index in [1.807, 2.05) is 47.7 Å². The van der Waals surface area contributed by atoms with Crippen LogP contribution in [0.25, 0.3) is 120 Å². The highest BCUT2D eigenvalue weighted by Gasteiger charge is 2.19. The molecule has 12 rings (SSSR count). The van der Waals surface area contributed by atoms with Gasteiger partial charge in [0.05, 0.1) is 0 Å². The van der Waals surface area contributed by atoms with E-state index in [2.05, 4.69) is 164 Å². The maximum absolute atomic E-state index is 6.43. The highest BCUT2D eigenvalue weighted by molar-refractivity contribution is 7.25. The average Bonchev–Trinajstić information content (AvgIpc) is 3.89. The van der Waals surface area contributed by atoms with Crippen molar-refractivity contribution in [2.45, 2.75) is 0 Å². The molecule has 0 amide bonds. The molecule has 5 heteroatoms. The molecule has 0 radical (unpaired) electrons. The zero-order chi connectivity index (χ0) is 39.6. The van der Waals surface area contributed by atoms with Crippen molar-refractivity contribution < 1.29 is 4.42 Å². The summed E-state index contributed by atoms with van der Waals surface area (Å²) in [5.74, 6) is 1.86. The molecule has 0 fully saturated rings. The molecule has 0 unspecified atom stereocenters. The summed E-state index contributed by atoms with van der Waals surface area (Å²) in [6.07, 6.45) is 0. The fraction of sp³-hybridized carbons (Fsp3) is 0. The molecule has 0 saturated heterocycles. The fourth-order valence-electron chi connectivity index (χ4n) is 8.59. The lowest BCUT2D eigenvalue weighted by Gasteiger charge is -2.14. The summed E-state index contributed by atoms with van der Waals surface area (Å²) in [4.78, 5) is 15.6. The first-order valence-corrected chi connectivity index (χ1v) is 20.9. The normalized spacial score (nSPS) is 11.7. The Bertz CT molecular complexity index is 3610. The predicted octanol–water partition coefficient (Wildman–Crippen LogP) is 15.3. The lowest BCUT2D eigenvalue weighted by molar-refractivity contribution is 0.669. The minimum atomic E-state index is 0.606. The second-order valence-corrected chi connectivity index (χ2v) is 16.2. The van der Waals surface area contributed by atoms with E-state index in [-0.39, 0.29) is 0 Å². The van der Waals surface area contributed by atoms with Crippen LogP contribution in [0.4, 0.5) is 0 Å². The number of rotatable bonds is 6. The van der Waals surface area contributed by atoms with Crippen LogP contribution in [0.3, 0.4) is 0 Å². The van der Waals surface area contributed by atoms with E-state index >= 15 is 0 Å². The number of hydrogen-bond donors (Lipinski definition) is 0. The Balaban J connectivity index is 1.05. The van der Waals surface area contributed by atoms with Crippen molar-refractivity contribution in [1.29, 1.82) is 0 Å². The van der Waals surface area contributed by atoms with Crippen molar-refractivity contribution in [3.05, 3.63) is 200 Å². The van der Waals surface area contributed by atoms with E-state index in [1.165, 1.54) is 31.3 Å². The first-order valence-electron chi connectivity index (χ1n) is 20.1. The van der Waals surface area contributed by atoms with E-state index in [0.717, 1.165) is 71.7 Å². The van der Waals surface area contributed by atoms with Gasteiger partial charge in [-0.2, -0.15) is 0 Å². The van der Waals surface area contributed by atoms with Crippen molar-refractivity contribution >= 4 is 64.2 Å². The molecule has 0 N–H and O–H groups in total. The van der Waals surface area contributed by atoms with Crippen LogP contribution in [0.5, 0.6) is 0 Å². The summed E-state index contributed by atoms with van der Waals surface area (Å²) in [5.41, 5.74) is 11.2. The van der Waals surface area contributed by atoms with Gasteiger partial charge in [-0.05, 0) is 86.6 Å². The Labute approximate surface area is 349 Å². The molecule has 0 spiro atoms. The summed E-state index contributed by atoms with van der Waals surface area (Å²) < 4.78 is 8.98. The van der Waals surface area contributed by atoms with Gasteiger partial charge in [0.2, 0.25) is 0 Å². The molecule has 0 saturated carbocycles. The molecular weight excluding hydrogens is 751 g/mol. The number of benzene rings is 9. The van der Waals surface area contributed by atoms with Crippen LogP contribution in [0.1, 0.15) is 0 Å². The molecule has 0 aliphatic carbocycles. The highest BCUT2D eigenvalue weighted by Crippen LogP contribution is 2.42. The molecule has 0 aliphatic heterocycles. The number of para-hydroxylation sites is 1. The van der Waals surface area contributed by atoms with E-state index in [9.17, 15) is 0 Å². The number of nitrogens with zero attached hydrogens (tertiary/aromatic N) is 3. The third-order valence-electron chi connectivity index (χ3n) is 11.6. The van der Waals surface area contributed by atoms with Crippen LogP contribution in [0.15, 0.2) is 205 Å². The van der Waals surface area contributed by atoms with E-state index in [4.69, 9.17) is 19.4 Å². The van der Waals surface area contributed by atoms with Crippen LogP contribution < -0.4 is 0 Å². The molecule has 0 atom stereocenters. The Hall–Kier alpha value is -7.73. The van der Waals surface area contributed by atoms with Gasteiger partial charge in [-0.1, -0.05) is 158 Å².